The van der Waals surface area contributed by atoms with Crippen LogP contribution in [0, 0.1) is 0 Å². The maximum absolute atomic E-state index is 13.1. The number of hydrogen-bond donors (Lipinski definition) is 0. The Kier molecular flexibility index (Phi) is 5.47. The zero-order valence-electron chi connectivity index (χ0n) is 16.0. The maximum Gasteiger partial charge on any atom is 0.416 e. The summed E-state index contributed by atoms with van der Waals surface area (Å²) in [5.41, 5.74) is -3.36. The van der Waals surface area contributed by atoms with Crippen LogP contribution in [-0.4, -0.2) is 11.0 Å². The lowest BCUT2D eigenvalue weighted by Gasteiger charge is -2.13. The van der Waals surface area contributed by atoms with Crippen molar-refractivity contribution in [2.45, 2.75) is 12.4 Å². The molecule has 0 fully saturated rings. The van der Waals surface area contributed by atoms with Crippen LogP contribution < -0.4 is 5.11 Å². The summed E-state index contributed by atoms with van der Waals surface area (Å²) in [6.45, 7) is 0. The predicted octanol–water partition coefficient (Wildman–Crippen LogP) is 6.33. The molecule has 4 rings (SSSR count). The summed E-state index contributed by atoms with van der Waals surface area (Å²) in [4.78, 5) is 15.9. The van der Waals surface area contributed by atoms with Gasteiger partial charge in [0.05, 0.1) is 22.6 Å². The minimum atomic E-state index is -5.01. The molecule has 170 valence electrons. The zero-order valence-corrected chi connectivity index (χ0v) is 17.6. The molecular formula is C22H9BrF6NO3-. The number of carbonyl (C=O) groups is 1. The average Bonchev–Trinajstić information content (AvgIpc) is 3.21. The van der Waals surface area contributed by atoms with E-state index in [9.17, 15) is 36.2 Å². The number of benzene rings is 2. The summed E-state index contributed by atoms with van der Waals surface area (Å²) in [5.74, 6) is -1.83. The van der Waals surface area contributed by atoms with Crippen molar-refractivity contribution in [2.75, 3.05) is 0 Å². The number of hydrogen-bond acceptors (Lipinski definition) is 4. The molecule has 0 bridgehead atoms. The van der Waals surface area contributed by atoms with Gasteiger partial charge in [0.25, 0.3) is 0 Å². The fourth-order valence-electron chi connectivity index (χ4n) is 3.22. The molecule has 0 N–H and O–H groups in total. The van der Waals surface area contributed by atoms with Crippen molar-refractivity contribution in [1.82, 2.24) is 4.98 Å². The number of aromatic carboxylic acids is 1. The van der Waals surface area contributed by atoms with Gasteiger partial charge < -0.3 is 14.3 Å². The van der Waals surface area contributed by atoms with Crippen LogP contribution in [0.25, 0.3) is 33.7 Å². The number of fused-ring (bicyclic) bond motifs is 1. The maximum atomic E-state index is 13.1. The molecule has 4 nitrogen and oxygen atoms in total. The van der Waals surface area contributed by atoms with Crippen LogP contribution in [0.2, 0.25) is 0 Å². The van der Waals surface area contributed by atoms with Crippen LogP contribution in [0.15, 0.2) is 63.5 Å². The van der Waals surface area contributed by atoms with Gasteiger partial charge in [0.2, 0.25) is 0 Å². The van der Waals surface area contributed by atoms with Crippen molar-refractivity contribution in [1.29, 1.82) is 0 Å². The summed E-state index contributed by atoms with van der Waals surface area (Å²) >= 11 is 3.23. The normalized spacial score (nSPS) is 12.3. The second-order valence-electron chi connectivity index (χ2n) is 6.96. The Morgan fingerprint density at radius 1 is 0.848 bits per heavy atom. The lowest BCUT2D eigenvalue weighted by molar-refractivity contribution is -0.254. The van der Waals surface area contributed by atoms with E-state index in [-0.39, 0.29) is 39.7 Å². The van der Waals surface area contributed by atoms with E-state index in [4.69, 9.17) is 4.42 Å². The van der Waals surface area contributed by atoms with Crippen molar-refractivity contribution >= 4 is 32.8 Å². The summed E-state index contributed by atoms with van der Waals surface area (Å²) in [7, 11) is 0. The SMILES string of the molecule is O=C([O-])c1cc(-c2ccc(-c3cc(C(F)(F)F)cc(C(F)(F)F)c3)o2)nc2ccc(Br)cc12. The van der Waals surface area contributed by atoms with Gasteiger partial charge in [0, 0.05) is 21.0 Å². The number of carbonyl (C=O) groups excluding carboxylic acids is 1. The number of carboxylic acids is 1. The number of rotatable bonds is 3. The Hall–Kier alpha value is -3.34. The molecule has 0 spiro atoms. The fraction of sp³-hybridized carbons (Fsp3) is 0.0909. The third-order valence-electron chi connectivity index (χ3n) is 4.72. The highest BCUT2D eigenvalue weighted by Crippen LogP contribution is 2.39. The van der Waals surface area contributed by atoms with E-state index in [0.717, 1.165) is 6.07 Å². The van der Waals surface area contributed by atoms with Gasteiger partial charge in [-0.3, -0.25) is 0 Å². The molecule has 0 radical (unpaired) electrons. The highest BCUT2D eigenvalue weighted by molar-refractivity contribution is 9.10. The Morgan fingerprint density at radius 2 is 1.45 bits per heavy atom. The first-order valence-corrected chi connectivity index (χ1v) is 9.84. The molecule has 0 saturated carbocycles. The molecule has 2 aromatic carbocycles. The Labute approximate surface area is 189 Å². The lowest BCUT2D eigenvalue weighted by atomic mass is 10.0. The molecule has 0 saturated heterocycles. The topological polar surface area (TPSA) is 66.2 Å². The van der Waals surface area contributed by atoms with E-state index in [1.54, 1.807) is 6.07 Å². The number of carboxylic acid groups (broad SMARTS) is 1. The molecule has 11 heteroatoms. The number of halogens is 7. The van der Waals surface area contributed by atoms with Crippen molar-refractivity contribution < 1.29 is 40.7 Å². The van der Waals surface area contributed by atoms with Crippen LogP contribution >= 0.6 is 15.9 Å². The van der Waals surface area contributed by atoms with Gasteiger partial charge in [0.1, 0.15) is 11.5 Å². The number of nitrogens with zero attached hydrogens (tertiary/aromatic N) is 1. The first-order chi connectivity index (χ1) is 15.3. The fourth-order valence-corrected chi connectivity index (χ4v) is 3.58. The van der Waals surface area contributed by atoms with Gasteiger partial charge in [-0.2, -0.15) is 26.3 Å². The monoisotopic (exact) mass is 528 g/mol. The van der Waals surface area contributed by atoms with Gasteiger partial charge >= 0.3 is 12.4 Å². The molecule has 2 heterocycles. The van der Waals surface area contributed by atoms with Gasteiger partial charge in [-0.25, -0.2) is 4.98 Å². The predicted molar refractivity (Wildman–Crippen MR) is 107 cm³/mol. The molecular weight excluding hydrogens is 520 g/mol. The van der Waals surface area contributed by atoms with Crippen LogP contribution in [0.3, 0.4) is 0 Å². The number of alkyl halides is 6. The Bertz CT molecular complexity index is 1360. The second kappa shape index (κ2) is 7.91. The molecule has 0 atom stereocenters. The van der Waals surface area contributed by atoms with E-state index < -0.39 is 35.0 Å². The van der Waals surface area contributed by atoms with E-state index in [1.807, 2.05) is 0 Å². The number of pyridine rings is 1. The molecule has 0 unspecified atom stereocenters. The molecule has 0 aliphatic carbocycles. The van der Waals surface area contributed by atoms with Crippen molar-refractivity contribution in [3.63, 3.8) is 0 Å². The lowest BCUT2D eigenvalue weighted by Crippen LogP contribution is -2.22. The van der Waals surface area contributed by atoms with Crippen molar-refractivity contribution in [3.8, 4) is 22.8 Å². The van der Waals surface area contributed by atoms with Crippen LogP contribution in [0.4, 0.5) is 26.3 Å². The van der Waals surface area contributed by atoms with E-state index >= 15 is 0 Å². The third-order valence-corrected chi connectivity index (χ3v) is 5.21. The molecule has 4 aromatic rings. The van der Waals surface area contributed by atoms with E-state index in [1.165, 1.54) is 24.3 Å². The summed E-state index contributed by atoms with van der Waals surface area (Å²) < 4.78 is 84.9. The van der Waals surface area contributed by atoms with Crippen LogP contribution in [-0.2, 0) is 12.4 Å². The third kappa shape index (κ3) is 4.58. The molecule has 0 amide bonds. The summed E-state index contributed by atoms with van der Waals surface area (Å²) in [5, 5.41) is 11.9. The molecule has 0 aliphatic rings. The number of aromatic nitrogens is 1. The van der Waals surface area contributed by atoms with E-state index in [0.29, 0.717) is 16.6 Å². The first kappa shape index (κ1) is 22.8. The van der Waals surface area contributed by atoms with Gasteiger partial charge in [-0.15, -0.1) is 0 Å². The number of furan rings is 1. The molecule has 0 aliphatic heterocycles. The zero-order chi connectivity index (χ0) is 24.1. The summed E-state index contributed by atoms with van der Waals surface area (Å²) in [6, 6.07) is 9.36. The van der Waals surface area contributed by atoms with Crippen molar-refractivity contribution in [2.24, 2.45) is 0 Å². The van der Waals surface area contributed by atoms with Gasteiger partial charge in [-0.1, -0.05) is 15.9 Å². The quantitative estimate of drug-likeness (QED) is 0.291. The minimum absolute atomic E-state index is 0.0123. The smallest absolute Gasteiger partial charge is 0.416 e. The average molecular weight is 529 g/mol. The highest BCUT2D eigenvalue weighted by atomic mass is 79.9. The summed E-state index contributed by atoms with van der Waals surface area (Å²) in [6.07, 6.45) is -10.0. The Morgan fingerprint density at radius 3 is 2.03 bits per heavy atom. The molecule has 33 heavy (non-hydrogen) atoms. The van der Waals surface area contributed by atoms with Crippen molar-refractivity contribution in [3.05, 3.63) is 75.8 Å². The highest BCUT2D eigenvalue weighted by Gasteiger charge is 2.37. The largest absolute Gasteiger partial charge is 0.545 e. The van der Waals surface area contributed by atoms with E-state index in [2.05, 4.69) is 20.9 Å². The Balaban J connectivity index is 1.84. The van der Waals surface area contributed by atoms with Crippen LogP contribution in [0.1, 0.15) is 21.5 Å². The van der Waals surface area contributed by atoms with Gasteiger partial charge in [0.15, 0.2) is 5.76 Å². The second-order valence-corrected chi connectivity index (χ2v) is 7.88. The van der Waals surface area contributed by atoms with Crippen LogP contribution in [0.5, 0.6) is 0 Å². The molecule has 2 aromatic heterocycles. The first-order valence-electron chi connectivity index (χ1n) is 9.04. The standard InChI is InChI=1S/C22H10BrF6NO3/c23-13-1-2-16-14(8-13)15(20(31)32)9-17(30-16)19-4-3-18(33-19)10-5-11(21(24,25)26)7-12(6-10)22(27,28)29/h1-9H,(H,31,32)/p-1. The minimum Gasteiger partial charge on any atom is -0.545 e. The van der Waals surface area contributed by atoms with Gasteiger partial charge in [-0.05, 0) is 54.6 Å².